The molecule has 1 aliphatic heterocycles. The van der Waals surface area contributed by atoms with Crippen molar-refractivity contribution < 1.29 is 9.21 Å². The van der Waals surface area contributed by atoms with Crippen LogP contribution in [0.5, 0.6) is 0 Å². The molecular weight excluding hydrogens is 470 g/mol. The van der Waals surface area contributed by atoms with E-state index in [0.29, 0.717) is 12.6 Å². The van der Waals surface area contributed by atoms with E-state index in [4.69, 9.17) is 9.40 Å². The van der Waals surface area contributed by atoms with Crippen molar-refractivity contribution in [2.24, 2.45) is 0 Å². The van der Waals surface area contributed by atoms with Gasteiger partial charge in [-0.1, -0.05) is 30.3 Å². The molecule has 0 bridgehead atoms. The summed E-state index contributed by atoms with van der Waals surface area (Å²) in [6.45, 7) is 10.9. The number of amides is 1. The third-order valence-corrected chi connectivity index (χ3v) is 7.35. The maximum absolute atomic E-state index is 13.7. The summed E-state index contributed by atoms with van der Waals surface area (Å²) in [6, 6.07) is 16.7. The van der Waals surface area contributed by atoms with Crippen molar-refractivity contribution in [1.29, 1.82) is 0 Å². The van der Waals surface area contributed by atoms with Crippen molar-refractivity contribution >= 4 is 22.4 Å². The van der Waals surface area contributed by atoms with E-state index in [9.17, 15) is 4.79 Å². The van der Waals surface area contributed by atoms with Crippen LogP contribution < -0.4 is 5.32 Å². The van der Waals surface area contributed by atoms with Gasteiger partial charge in [-0.3, -0.25) is 9.69 Å². The molecule has 36 heavy (non-hydrogen) atoms. The Labute approximate surface area is 216 Å². The van der Waals surface area contributed by atoms with E-state index in [2.05, 4.69) is 58.3 Å². The van der Waals surface area contributed by atoms with Crippen LogP contribution in [-0.2, 0) is 13.1 Å². The molecule has 1 saturated heterocycles. The number of carbonyl (C=O) groups is 1. The number of nitrogens with zero attached hydrogens (tertiary/aromatic N) is 4. The predicted molar refractivity (Wildman–Crippen MR) is 144 cm³/mol. The standard InChI is InChI=1S/C28H33N5O2S/c1-20(2)29-28-30-25(19-36-28)26-16-24(21(3)33(26)18-23-10-7-15-35-23)27(34)32-13-11-31(12-14-32)17-22-8-5-4-6-9-22/h4-10,15-16,19-20H,11-14,17-18H2,1-3H3,(H,29,30). The zero-order valence-corrected chi connectivity index (χ0v) is 21.9. The van der Waals surface area contributed by atoms with Crippen molar-refractivity contribution in [3.05, 3.63) is 82.8 Å². The van der Waals surface area contributed by atoms with Gasteiger partial charge in [-0.15, -0.1) is 11.3 Å². The maximum Gasteiger partial charge on any atom is 0.255 e. The molecule has 4 heterocycles. The summed E-state index contributed by atoms with van der Waals surface area (Å²) in [5.74, 6) is 0.932. The fourth-order valence-corrected chi connectivity index (χ4v) is 5.51. The Hall–Kier alpha value is -3.36. The number of aromatic nitrogens is 2. The van der Waals surface area contributed by atoms with Gasteiger partial charge in [0.05, 0.1) is 29.8 Å². The molecule has 1 fully saturated rings. The van der Waals surface area contributed by atoms with Gasteiger partial charge in [-0.25, -0.2) is 4.98 Å². The fourth-order valence-electron chi connectivity index (χ4n) is 4.66. The molecule has 0 atom stereocenters. The first kappa shape index (κ1) is 24.3. The van der Waals surface area contributed by atoms with E-state index in [0.717, 1.165) is 66.3 Å². The van der Waals surface area contributed by atoms with Gasteiger partial charge >= 0.3 is 0 Å². The minimum Gasteiger partial charge on any atom is -0.467 e. The summed E-state index contributed by atoms with van der Waals surface area (Å²) >= 11 is 1.58. The number of nitrogens with one attached hydrogen (secondary N) is 1. The zero-order chi connectivity index (χ0) is 25.1. The lowest BCUT2D eigenvalue weighted by molar-refractivity contribution is 0.0627. The van der Waals surface area contributed by atoms with E-state index in [1.165, 1.54) is 5.56 Å². The molecule has 5 rings (SSSR count). The number of anilines is 1. The van der Waals surface area contributed by atoms with Gasteiger partial charge in [-0.2, -0.15) is 0 Å². The second-order valence-corrected chi connectivity index (χ2v) is 10.4. The molecule has 0 radical (unpaired) electrons. The lowest BCUT2D eigenvalue weighted by atomic mass is 10.1. The minimum absolute atomic E-state index is 0.0852. The highest BCUT2D eigenvalue weighted by Gasteiger charge is 2.27. The smallest absolute Gasteiger partial charge is 0.255 e. The molecular formula is C28H33N5O2S. The van der Waals surface area contributed by atoms with Crippen LogP contribution in [0.3, 0.4) is 0 Å². The Morgan fingerprint density at radius 1 is 1.08 bits per heavy atom. The summed E-state index contributed by atoms with van der Waals surface area (Å²) in [7, 11) is 0. The first-order valence-electron chi connectivity index (χ1n) is 12.5. The van der Waals surface area contributed by atoms with Crippen molar-refractivity contribution in [1.82, 2.24) is 19.4 Å². The van der Waals surface area contributed by atoms with Gasteiger partial charge in [0.1, 0.15) is 5.76 Å². The van der Waals surface area contributed by atoms with E-state index >= 15 is 0 Å². The quantitative estimate of drug-likeness (QED) is 0.352. The maximum atomic E-state index is 13.7. The number of furan rings is 1. The Balaban J connectivity index is 1.36. The molecule has 1 amide bonds. The van der Waals surface area contributed by atoms with Crippen LogP contribution in [0, 0.1) is 6.92 Å². The van der Waals surface area contributed by atoms with Crippen molar-refractivity contribution in [2.75, 3.05) is 31.5 Å². The normalized spacial score (nSPS) is 14.5. The van der Waals surface area contributed by atoms with Crippen LogP contribution in [0.2, 0.25) is 0 Å². The fraction of sp³-hybridized carbons (Fsp3) is 0.357. The number of piperazine rings is 1. The Kier molecular flexibility index (Phi) is 7.25. The van der Waals surface area contributed by atoms with Gasteiger partial charge in [0.25, 0.3) is 5.91 Å². The zero-order valence-electron chi connectivity index (χ0n) is 21.1. The summed E-state index contributed by atoms with van der Waals surface area (Å²) in [4.78, 5) is 22.9. The van der Waals surface area contributed by atoms with Crippen LogP contribution in [0.1, 0.15) is 41.2 Å². The summed E-state index contributed by atoms with van der Waals surface area (Å²) < 4.78 is 7.78. The van der Waals surface area contributed by atoms with Crippen molar-refractivity contribution in [2.45, 2.75) is 39.9 Å². The number of rotatable bonds is 8. The number of hydrogen-bond donors (Lipinski definition) is 1. The van der Waals surface area contributed by atoms with Crippen molar-refractivity contribution in [3.8, 4) is 11.4 Å². The lowest BCUT2D eigenvalue weighted by Crippen LogP contribution is -2.48. The molecule has 4 aromatic rings. The molecule has 3 aromatic heterocycles. The van der Waals surface area contributed by atoms with Gasteiger partial charge in [-0.05, 0) is 44.5 Å². The summed E-state index contributed by atoms with van der Waals surface area (Å²) in [6.07, 6.45) is 1.68. The van der Waals surface area contributed by atoms with Crippen LogP contribution in [0.4, 0.5) is 5.13 Å². The monoisotopic (exact) mass is 503 g/mol. The third-order valence-electron chi connectivity index (χ3n) is 6.58. The molecule has 8 heteroatoms. The molecule has 1 aliphatic rings. The molecule has 1 aromatic carbocycles. The first-order valence-corrected chi connectivity index (χ1v) is 13.4. The average Bonchev–Trinajstić information content (AvgIpc) is 3.62. The van der Waals surface area contributed by atoms with Crippen LogP contribution >= 0.6 is 11.3 Å². The number of carbonyl (C=O) groups excluding carboxylic acids is 1. The van der Waals surface area contributed by atoms with E-state index in [-0.39, 0.29) is 5.91 Å². The summed E-state index contributed by atoms with van der Waals surface area (Å²) in [5.41, 5.74) is 4.78. The Bertz CT molecular complexity index is 1280. The van der Waals surface area contributed by atoms with E-state index in [1.807, 2.05) is 36.1 Å². The van der Waals surface area contributed by atoms with E-state index in [1.54, 1.807) is 17.6 Å². The lowest BCUT2D eigenvalue weighted by Gasteiger charge is -2.34. The molecule has 0 unspecified atom stereocenters. The first-order chi connectivity index (χ1) is 17.5. The largest absolute Gasteiger partial charge is 0.467 e. The molecule has 0 spiro atoms. The predicted octanol–water partition coefficient (Wildman–Crippen LogP) is 5.34. The van der Waals surface area contributed by atoms with Crippen LogP contribution in [0.25, 0.3) is 11.4 Å². The molecule has 188 valence electrons. The SMILES string of the molecule is Cc1c(C(=O)N2CCN(Cc3ccccc3)CC2)cc(-c2csc(NC(C)C)n2)n1Cc1ccco1. The number of hydrogen-bond acceptors (Lipinski definition) is 6. The second-order valence-electron chi connectivity index (χ2n) is 9.59. The van der Waals surface area contributed by atoms with E-state index < -0.39 is 0 Å². The van der Waals surface area contributed by atoms with Crippen LogP contribution in [0.15, 0.2) is 64.6 Å². The highest BCUT2D eigenvalue weighted by Crippen LogP contribution is 2.31. The molecule has 0 aliphatic carbocycles. The molecule has 7 nitrogen and oxygen atoms in total. The van der Waals surface area contributed by atoms with Gasteiger partial charge in [0.2, 0.25) is 0 Å². The minimum atomic E-state index is 0.0852. The van der Waals surface area contributed by atoms with Crippen LogP contribution in [-0.4, -0.2) is 57.5 Å². The third kappa shape index (κ3) is 5.39. The second kappa shape index (κ2) is 10.7. The van der Waals surface area contributed by atoms with Gasteiger partial charge in [0, 0.05) is 49.8 Å². The molecule has 1 N–H and O–H groups in total. The summed E-state index contributed by atoms with van der Waals surface area (Å²) in [5, 5.41) is 6.31. The Morgan fingerprint density at radius 3 is 2.56 bits per heavy atom. The topological polar surface area (TPSA) is 66.5 Å². The van der Waals surface area contributed by atoms with Gasteiger partial charge < -0.3 is 19.2 Å². The molecule has 0 saturated carbocycles. The highest BCUT2D eigenvalue weighted by atomic mass is 32.1. The average molecular weight is 504 g/mol. The van der Waals surface area contributed by atoms with Gasteiger partial charge in [0.15, 0.2) is 5.13 Å². The number of benzene rings is 1. The number of thiazole rings is 1. The van der Waals surface area contributed by atoms with Crippen molar-refractivity contribution in [3.63, 3.8) is 0 Å². The highest BCUT2D eigenvalue weighted by molar-refractivity contribution is 7.14. The Morgan fingerprint density at radius 2 is 1.86 bits per heavy atom.